The summed E-state index contributed by atoms with van der Waals surface area (Å²) in [5.41, 5.74) is 1.64. The van der Waals surface area contributed by atoms with Gasteiger partial charge in [-0.05, 0) is 61.2 Å². The minimum Gasteiger partial charge on any atom is -0.494 e. The minimum atomic E-state index is -4.09. The molecule has 0 spiro atoms. The summed E-state index contributed by atoms with van der Waals surface area (Å²) < 4.78 is 52.3. The molecule has 0 radical (unpaired) electrons. The Morgan fingerprint density at radius 3 is 2.71 bits per heavy atom. The number of aromatic amines is 1. The molecule has 0 saturated heterocycles. The summed E-state index contributed by atoms with van der Waals surface area (Å²) in [7, 11) is -2.52. The van der Waals surface area contributed by atoms with Gasteiger partial charge in [0.1, 0.15) is 16.5 Å². The Kier molecular flexibility index (Phi) is 7.52. The number of nitrogens with zero attached hydrogens (tertiary/aromatic N) is 1. The highest BCUT2D eigenvalue weighted by Crippen LogP contribution is 2.27. The number of ether oxygens (including phenoxy) is 2. The van der Waals surface area contributed by atoms with Gasteiger partial charge < -0.3 is 14.6 Å². The van der Waals surface area contributed by atoms with Crippen LogP contribution in [0.25, 0.3) is 10.9 Å². The van der Waals surface area contributed by atoms with E-state index in [-0.39, 0.29) is 5.69 Å². The first-order valence-corrected chi connectivity index (χ1v) is 12.6. The molecule has 0 amide bonds. The van der Waals surface area contributed by atoms with E-state index >= 15 is 0 Å². The third-order valence-electron chi connectivity index (χ3n) is 5.48. The molecule has 1 aromatic heterocycles. The summed E-state index contributed by atoms with van der Waals surface area (Å²) in [6.07, 6.45) is 1.12. The summed E-state index contributed by atoms with van der Waals surface area (Å²) in [6, 6.07) is 17.2. The Labute approximate surface area is 202 Å². The molecule has 4 rings (SSSR count). The molecule has 1 heterocycles. The van der Waals surface area contributed by atoms with Crippen molar-refractivity contribution in [2.24, 2.45) is 0 Å². The molecule has 0 fully saturated rings. The smallest absolute Gasteiger partial charge is 0.264 e. The Balaban J connectivity index is 1.27. The van der Waals surface area contributed by atoms with E-state index in [9.17, 15) is 17.9 Å². The zero-order chi connectivity index (χ0) is 24.8. The number of sulfonamides is 1. The number of rotatable bonds is 11. The largest absolute Gasteiger partial charge is 0.494 e. The number of H-pyrrole nitrogens is 1. The summed E-state index contributed by atoms with van der Waals surface area (Å²) in [6.45, 7) is 0.478. The lowest BCUT2D eigenvalue weighted by Gasteiger charge is -2.14. The quantitative estimate of drug-likeness (QED) is 0.256. The molecule has 0 bridgehead atoms. The van der Waals surface area contributed by atoms with Gasteiger partial charge in [-0.25, -0.2) is 12.8 Å². The summed E-state index contributed by atoms with van der Waals surface area (Å²) in [5, 5.41) is 18.4. The van der Waals surface area contributed by atoms with E-state index in [1.54, 1.807) is 31.4 Å². The first-order chi connectivity index (χ1) is 16.9. The Morgan fingerprint density at radius 1 is 1.09 bits per heavy atom. The fourth-order valence-corrected chi connectivity index (χ4v) is 4.83. The monoisotopic (exact) mass is 499 g/mol. The second kappa shape index (κ2) is 10.7. The molecule has 8 nitrogen and oxygen atoms in total. The molecule has 10 heteroatoms. The lowest BCUT2D eigenvalue weighted by Crippen LogP contribution is -2.14. The number of aliphatic hydroxyl groups excluding tert-OH is 1. The zero-order valence-electron chi connectivity index (χ0n) is 19.1. The molecule has 0 aliphatic rings. The minimum absolute atomic E-state index is 0.249. The number of hydrogen-bond acceptors (Lipinski definition) is 6. The fourth-order valence-electron chi connectivity index (χ4n) is 3.70. The predicted octanol–water partition coefficient (Wildman–Crippen LogP) is 4.79. The van der Waals surface area contributed by atoms with Crippen molar-refractivity contribution in [2.75, 3.05) is 18.4 Å². The molecule has 0 aliphatic heterocycles. The van der Waals surface area contributed by atoms with E-state index in [0.29, 0.717) is 36.6 Å². The van der Waals surface area contributed by atoms with Crippen molar-refractivity contribution in [3.63, 3.8) is 0 Å². The molecule has 0 saturated carbocycles. The maximum absolute atomic E-state index is 13.9. The van der Waals surface area contributed by atoms with Crippen LogP contribution in [0.3, 0.4) is 0 Å². The second-order valence-corrected chi connectivity index (χ2v) is 9.61. The van der Waals surface area contributed by atoms with Gasteiger partial charge in [-0.1, -0.05) is 24.3 Å². The van der Waals surface area contributed by atoms with Crippen LogP contribution in [0, 0.1) is 5.82 Å². The molecule has 3 aromatic carbocycles. The van der Waals surface area contributed by atoms with Gasteiger partial charge in [0.25, 0.3) is 10.0 Å². The normalized spacial score (nSPS) is 12.4. The predicted molar refractivity (Wildman–Crippen MR) is 131 cm³/mol. The first-order valence-electron chi connectivity index (χ1n) is 11.1. The van der Waals surface area contributed by atoms with Crippen LogP contribution in [0.1, 0.15) is 30.9 Å². The van der Waals surface area contributed by atoms with Crippen LogP contribution >= 0.6 is 0 Å². The molecule has 3 N–H and O–H groups in total. The Bertz CT molecular complexity index is 1410. The number of aromatic nitrogens is 2. The third-order valence-corrected chi connectivity index (χ3v) is 6.90. The van der Waals surface area contributed by atoms with Gasteiger partial charge in [0.05, 0.1) is 30.7 Å². The van der Waals surface area contributed by atoms with Gasteiger partial charge in [0, 0.05) is 11.8 Å². The van der Waals surface area contributed by atoms with E-state index in [4.69, 9.17) is 9.47 Å². The van der Waals surface area contributed by atoms with Crippen LogP contribution in [-0.4, -0.2) is 37.4 Å². The van der Waals surface area contributed by atoms with Crippen molar-refractivity contribution in [3.8, 4) is 11.6 Å². The number of halogens is 1. The molecule has 0 aliphatic carbocycles. The molecule has 1 atom stereocenters. The van der Waals surface area contributed by atoms with E-state index in [1.807, 2.05) is 18.2 Å². The van der Waals surface area contributed by atoms with Crippen molar-refractivity contribution in [2.45, 2.75) is 30.3 Å². The van der Waals surface area contributed by atoms with Gasteiger partial charge in [0.2, 0.25) is 5.88 Å². The number of hydrogen-bond donors (Lipinski definition) is 3. The van der Waals surface area contributed by atoms with Crippen LogP contribution in [0.4, 0.5) is 10.1 Å². The van der Waals surface area contributed by atoms with Gasteiger partial charge >= 0.3 is 0 Å². The standard InChI is InChI=1S/C25H26FN3O5S/c1-33-25-20-13-12-19(16-22(20)27-28-25)34-14-5-4-10-23(30)17-7-6-8-18(15-17)29-35(31,32)24-11-3-2-9-21(24)26/h2-3,6-9,11-13,15-16,23,29-30H,4-5,10,14H2,1H3,(H,27,28)/t23-/m0/s1. The van der Waals surface area contributed by atoms with Gasteiger partial charge in [-0.2, -0.15) is 0 Å². The fraction of sp³-hybridized carbons (Fsp3) is 0.240. The number of anilines is 1. The van der Waals surface area contributed by atoms with E-state index in [2.05, 4.69) is 14.9 Å². The van der Waals surface area contributed by atoms with Gasteiger partial charge in [0.15, 0.2) is 0 Å². The zero-order valence-corrected chi connectivity index (χ0v) is 19.9. The molecule has 0 unspecified atom stereocenters. The van der Waals surface area contributed by atoms with Crippen LogP contribution in [0.2, 0.25) is 0 Å². The van der Waals surface area contributed by atoms with Crippen LogP contribution in [-0.2, 0) is 10.0 Å². The van der Waals surface area contributed by atoms with E-state index in [1.165, 1.54) is 18.2 Å². The molecule has 4 aromatic rings. The van der Waals surface area contributed by atoms with Gasteiger partial charge in [-0.3, -0.25) is 9.82 Å². The first kappa shape index (κ1) is 24.5. The highest BCUT2D eigenvalue weighted by molar-refractivity contribution is 7.92. The lowest BCUT2D eigenvalue weighted by atomic mass is 10.0. The van der Waals surface area contributed by atoms with Crippen molar-refractivity contribution < 1.29 is 27.4 Å². The molecular weight excluding hydrogens is 473 g/mol. The number of fused-ring (bicyclic) bond motifs is 1. The molecular formula is C25H26FN3O5S. The number of aliphatic hydroxyl groups is 1. The molecule has 35 heavy (non-hydrogen) atoms. The number of methoxy groups -OCH3 is 1. The van der Waals surface area contributed by atoms with Crippen molar-refractivity contribution in [3.05, 3.63) is 78.1 Å². The topological polar surface area (TPSA) is 114 Å². The van der Waals surface area contributed by atoms with Crippen molar-refractivity contribution in [1.29, 1.82) is 0 Å². The van der Waals surface area contributed by atoms with Crippen molar-refractivity contribution >= 4 is 26.6 Å². The Hall–Kier alpha value is -3.63. The number of unbranched alkanes of at least 4 members (excludes halogenated alkanes) is 1. The summed E-state index contributed by atoms with van der Waals surface area (Å²) in [4.78, 5) is -0.434. The highest BCUT2D eigenvalue weighted by atomic mass is 32.2. The SMILES string of the molecule is COc1n[nH]c2cc(OCCCC[C@H](O)c3cccc(NS(=O)(=O)c4ccccc4F)c3)ccc12. The maximum atomic E-state index is 13.9. The maximum Gasteiger partial charge on any atom is 0.264 e. The van der Waals surface area contributed by atoms with Gasteiger partial charge in [-0.15, -0.1) is 5.10 Å². The summed E-state index contributed by atoms with van der Waals surface area (Å²) in [5.74, 6) is 0.409. The highest BCUT2D eigenvalue weighted by Gasteiger charge is 2.19. The second-order valence-electron chi connectivity index (χ2n) is 7.96. The van der Waals surface area contributed by atoms with Crippen LogP contribution in [0.5, 0.6) is 11.6 Å². The lowest BCUT2D eigenvalue weighted by molar-refractivity contribution is 0.160. The van der Waals surface area contributed by atoms with Crippen LogP contribution < -0.4 is 14.2 Å². The Morgan fingerprint density at radius 2 is 1.91 bits per heavy atom. The average Bonchev–Trinajstić information content (AvgIpc) is 3.26. The van der Waals surface area contributed by atoms with E-state index < -0.39 is 26.8 Å². The summed E-state index contributed by atoms with van der Waals surface area (Å²) >= 11 is 0. The van der Waals surface area contributed by atoms with E-state index in [0.717, 1.165) is 23.4 Å². The number of nitrogens with one attached hydrogen (secondary N) is 2. The van der Waals surface area contributed by atoms with Crippen LogP contribution in [0.15, 0.2) is 71.6 Å². The third kappa shape index (κ3) is 5.90. The number of benzene rings is 3. The molecule has 184 valence electrons. The van der Waals surface area contributed by atoms with Crippen molar-refractivity contribution in [1.82, 2.24) is 10.2 Å². The average molecular weight is 500 g/mol.